The van der Waals surface area contributed by atoms with E-state index in [0.29, 0.717) is 13.0 Å². The topological polar surface area (TPSA) is 58.6 Å². The van der Waals surface area contributed by atoms with E-state index in [2.05, 4.69) is 32.2 Å². The van der Waals surface area contributed by atoms with E-state index in [-0.39, 0.29) is 5.41 Å². The average Bonchev–Trinajstić information content (AvgIpc) is 2.84. The highest BCUT2D eigenvalue weighted by atomic mass is 16.5. The van der Waals surface area contributed by atoms with Crippen LogP contribution in [0, 0.1) is 5.41 Å². The molecule has 0 unspecified atom stereocenters. The molecule has 21 heavy (non-hydrogen) atoms. The maximum absolute atomic E-state index is 11.3. The molecule has 0 saturated heterocycles. The monoisotopic (exact) mass is 291 g/mol. The Balaban J connectivity index is 1.91. The minimum absolute atomic E-state index is 0.150. The zero-order valence-electron chi connectivity index (χ0n) is 13.1. The summed E-state index contributed by atoms with van der Waals surface area (Å²) in [5, 5.41) is 12.5. The van der Waals surface area contributed by atoms with Crippen LogP contribution in [0.3, 0.4) is 0 Å². The first kappa shape index (κ1) is 15.8. The molecule has 0 radical (unpaired) electrons. The summed E-state index contributed by atoms with van der Waals surface area (Å²) in [5.41, 5.74) is 2.45. The van der Waals surface area contributed by atoms with Gasteiger partial charge in [0.15, 0.2) is 0 Å². The fraction of sp³-hybridized carbons (Fsp3) is 0.588. The van der Waals surface area contributed by atoms with Gasteiger partial charge < -0.3 is 15.2 Å². The van der Waals surface area contributed by atoms with Crippen LogP contribution in [0.25, 0.3) is 0 Å². The van der Waals surface area contributed by atoms with Crippen molar-refractivity contribution in [3.8, 4) is 5.75 Å². The SMILES string of the molecule is CC(C)(C)CC[C@H](NCc1ccc2c(c1)OCC2)C(=O)O. The van der Waals surface area contributed by atoms with Crippen LogP contribution < -0.4 is 10.1 Å². The Labute approximate surface area is 126 Å². The normalized spacial score (nSPS) is 15.4. The molecule has 0 aromatic heterocycles. The highest BCUT2D eigenvalue weighted by Crippen LogP contribution is 2.26. The first-order valence-electron chi connectivity index (χ1n) is 7.56. The number of nitrogens with one attached hydrogen (secondary N) is 1. The van der Waals surface area contributed by atoms with E-state index >= 15 is 0 Å². The molecule has 0 amide bonds. The summed E-state index contributed by atoms with van der Waals surface area (Å²) in [6.45, 7) is 7.69. The minimum atomic E-state index is -0.781. The Morgan fingerprint density at radius 3 is 2.86 bits per heavy atom. The van der Waals surface area contributed by atoms with Gasteiger partial charge in [-0.25, -0.2) is 0 Å². The van der Waals surface area contributed by atoms with Crippen molar-refractivity contribution < 1.29 is 14.6 Å². The predicted molar refractivity (Wildman–Crippen MR) is 82.6 cm³/mol. The van der Waals surface area contributed by atoms with Crippen molar-refractivity contribution in [2.24, 2.45) is 5.41 Å². The Bertz CT molecular complexity index is 505. The van der Waals surface area contributed by atoms with Crippen LogP contribution in [0.2, 0.25) is 0 Å². The van der Waals surface area contributed by atoms with Gasteiger partial charge in [-0.15, -0.1) is 0 Å². The largest absolute Gasteiger partial charge is 0.493 e. The molecule has 1 aliphatic rings. The third-order valence-electron chi connectivity index (χ3n) is 3.79. The smallest absolute Gasteiger partial charge is 0.320 e. The molecule has 1 aliphatic heterocycles. The van der Waals surface area contributed by atoms with Crippen LogP contribution in [-0.2, 0) is 17.8 Å². The first-order chi connectivity index (χ1) is 9.85. The fourth-order valence-corrected chi connectivity index (χ4v) is 2.45. The van der Waals surface area contributed by atoms with Gasteiger partial charge in [-0.1, -0.05) is 32.9 Å². The molecule has 0 fully saturated rings. The van der Waals surface area contributed by atoms with Gasteiger partial charge in [-0.2, -0.15) is 0 Å². The van der Waals surface area contributed by atoms with Gasteiger partial charge in [0.1, 0.15) is 11.8 Å². The number of aliphatic carboxylic acids is 1. The number of carboxylic acids is 1. The lowest BCUT2D eigenvalue weighted by Crippen LogP contribution is -2.37. The zero-order valence-corrected chi connectivity index (χ0v) is 13.1. The molecule has 0 bridgehead atoms. The van der Waals surface area contributed by atoms with Gasteiger partial charge in [0, 0.05) is 13.0 Å². The summed E-state index contributed by atoms with van der Waals surface area (Å²) in [6.07, 6.45) is 2.48. The standard InChI is InChI=1S/C17H25NO3/c1-17(2,3)8-6-14(16(19)20)18-11-12-4-5-13-7-9-21-15(13)10-12/h4-5,10,14,18H,6-9,11H2,1-3H3,(H,19,20)/t14-/m0/s1. The Kier molecular flexibility index (Phi) is 4.88. The molecule has 0 spiro atoms. The van der Waals surface area contributed by atoms with E-state index in [4.69, 9.17) is 4.74 Å². The number of carbonyl (C=O) groups is 1. The number of benzene rings is 1. The highest BCUT2D eigenvalue weighted by Gasteiger charge is 2.20. The van der Waals surface area contributed by atoms with E-state index in [0.717, 1.165) is 30.8 Å². The van der Waals surface area contributed by atoms with Gasteiger partial charge in [0.05, 0.1) is 6.61 Å². The molecule has 1 aromatic carbocycles. The van der Waals surface area contributed by atoms with Gasteiger partial charge in [0.2, 0.25) is 0 Å². The molecule has 2 rings (SSSR count). The summed E-state index contributed by atoms with van der Waals surface area (Å²) in [7, 11) is 0. The van der Waals surface area contributed by atoms with Crippen molar-refractivity contribution in [1.29, 1.82) is 0 Å². The average molecular weight is 291 g/mol. The maximum Gasteiger partial charge on any atom is 0.320 e. The Morgan fingerprint density at radius 2 is 2.19 bits per heavy atom. The van der Waals surface area contributed by atoms with E-state index in [9.17, 15) is 9.90 Å². The van der Waals surface area contributed by atoms with Crippen LogP contribution in [-0.4, -0.2) is 23.7 Å². The fourth-order valence-electron chi connectivity index (χ4n) is 2.45. The lowest BCUT2D eigenvalue weighted by molar-refractivity contribution is -0.139. The number of fused-ring (bicyclic) bond motifs is 1. The van der Waals surface area contributed by atoms with Crippen LogP contribution in [0.5, 0.6) is 5.75 Å². The highest BCUT2D eigenvalue weighted by molar-refractivity contribution is 5.73. The quantitative estimate of drug-likeness (QED) is 0.846. The summed E-state index contributed by atoms with van der Waals surface area (Å²) < 4.78 is 5.54. The molecule has 1 atom stereocenters. The summed E-state index contributed by atoms with van der Waals surface area (Å²) >= 11 is 0. The summed E-state index contributed by atoms with van der Waals surface area (Å²) in [4.78, 5) is 11.3. The van der Waals surface area contributed by atoms with Gasteiger partial charge >= 0.3 is 5.97 Å². The van der Waals surface area contributed by atoms with Crippen LogP contribution in [0.1, 0.15) is 44.7 Å². The van der Waals surface area contributed by atoms with E-state index in [1.165, 1.54) is 5.56 Å². The first-order valence-corrected chi connectivity index (χ1v) is 7.56. The molecule has 4 nitrogen and oxygen atoms in total. The Morgan fingerprint density at radius 1 is 1.43 bits per heavy atom. The molecule has 1 heterocycles. The lowest BCUT2D eigenvalue weighted by Gasteiger charge is -2.21. The predicted octanol–water partition coefficient (Wildman–Crippen LogP) is 2.99. The van der Waals surface area contributed by atoms with Crippen LogP contribution >= 0.6 is 0 Å². The van der Waals surface area contributed by atoms with Crippen LogP contribution in [0.15, 0.2) is 18.2 Å². The number of ether oxygens (including phenoxy) is 1. The molecule has 2 N–H and O–H groups in total. The zero-order chi connectivity index (χ0) is 15.5. The third kappa shape index (κ3) is 4.74. The Hall–Kier alpha value is -1.55. The molecule has 4 heteroatoms. The van der Waals surface area contributed by atoms with Crippen molar-refractivity contribution in [2.45, 2.75) is 52.6 Å². The minimum Gasteiger partial charge on any atom is -0.493 e. The van der Waals surface area contributed by atoms with E-state index < -0.39 is 12.0 Å². The number of rotatable bonds is 6. The van der Waals surface area contributed by atoms with Crippen molar-refractivity contribution in [3.05, 3.63) is 29.3 Å². The maximum atomic E-state index is 11.3. The molecule has 0 aliphatic carbocycles. The molecule has 0 saturated carbocycles. The second-order valence-corrected chi connectivity index (χ2v) is 6.91. The second-order valence-electron chi connectivity index (χ2n) is 6.91. The molecule has 116 valence electrons. The van der Waals surface area contributed by atoms with Crippen molar-refractivity contribution in [1.82, 2.24) is 5.32 Å². The number of hydrogen-bond acceptors (Lipinski definition) is 3. The molecule has 1 aromatic rings. The third-order valence-corrected chi connectivity index (χ3v) is 3.79. The van der Waals surface area contributed by atoms with Gasteiger partial charge in [0.25, 0.3) is 0 Å². The number of carboxylic acid groups (broad SMARTS) is 1. The van der Waals surface area contributed by atoms with Gasteiger partial charge in [-0.05, 0) is 35.4 Å². The van der Waals surface area contributed by atoms with Crippen molar-refractivity contribution in [2.75, 3.05) is 6.61 Å². The van der Waals surface area contributed by atoms with Crippen LogP contribution in [0.4, 0.5) is 0 Å². The molecular formula is C17H25NO3. The lowest BCUT2D eigenvalue weighted by atomic mass is 9.88. The summed E-state index contributed by atoms with van der Waals surface area (Å²) in [5.74, 6) is 0.160. The summed E-state index contributed by atoms with van der Waals surface area (Å²) in [6, 6.07) is 5.63. The number of hydrogen-bond donors (Lipinski definition) is 2. The van der Waals surface area contributed by atoms with Gasteiger partial charge in [-0.3, -0.25) is 4.79 Å². The van der Waals surface area contributed by atoms with E-state index in [1.54, 1.807) is 0 Å². The second kappa shape index (κ2) is 6.48. The van der Waals surface area contributed by atoms with Crippen molar-refractivity contribution >= 4 is 5.97 Å². The molecular weight excluding hydrogens is 266 g/mol. The van der Waals surface area contributed by atoms with Crippen molar-refractivity contribution in [3.63, 3.8) is 0 Å². The van der Waals surface area contributed by atoms with E-state index in [1.807, 2.05) is 12.1 Å².